The molecule has 0 bridgehead atoms. The third kappa shape index (κ3) is 4.42. The van der Waals surface area contributed by atoms with Crippen molar-refractivity contribution < 1.29 is 14.5 Å². The number of rotatable bonds is 6. The van der Waals surface area contributed by atoms with Gasteiger partial charge in [0.1, 0.15) is 6.61 Å². The maximum atomic E-state index is 5.79. The highest BCUT2D eigenvalue weighted by Crippen LogP contribution is 2.28. The van der Waals surface area contributed by atoms with E-state index < -0.39 is 0 Å². The van der Waals surface area contributed by atoms with Gasteiger partial charge in [0.25, 0.3) is 0 Å². The third-order valence-corrected chi connectivity index (χ3v) is 2.96. The molecule has 110 valence electrons. The lowest BCUT2D eigenvalue weighted by Gasteiger charge is -2.11. The highest BCUT2D eigenvalue weighted by Gasteiger charge is 2.06. The summed E-state index contributed by atoms with van der Waals surface area (Å²) in [6.07, 6.45) is 0. The SMILES string of the molecule is COc1cc(C[NH+]=C(N)N)ccc1OCc1ccccc1. The molecule has 2 aromatic rings. The highest BCUT2D eigenvalue weighted by atomic mass is 16.5. The molecule has 0 aromatic heterocycles. The molecule has 5 heteroatoms. The van der Waals surface area contributed by atoms with E-state index in [1.165, 1.54) is 0 Å². The number of ether oxygens (including phenoxy) is 2. The van der Waals surface area contributed by atoms with Gasteiger partial charge in [0.15, 0.2) is 11.5 Å². The van der Waals surface area contributed by atoms with Crippen molar-refractivity contribution in [1.82, 2.24) is 0 Å². The van der Waals surface area contributed by atoms with Gasteiger partial charge < -0.3 is 9.47 Å². The Labute approximate surface area is 124 Å². The van der Waals surface area contributed by atoms with Crippen molar-refractivity contribution >= 4 is 5.96 Å². The zero-order valence-corrected chi connectivity index (χ0v) is 12.0. The van der Waals surface area contributed by atoms with Gasteiger partial charge >= 0.3 is 5.96 Å². The molecule has 0 aliphatic heterocycles. The topological polar surface area (TPSA) is 84.5 Å². The Kier molecular flexibility index (Phi) is 5.04. The monoisotopic (exact) mass is 286 g/mol. The van der Waals surface area contributed by atoms with Gasteiger partial charge in [-0.25, -0.2) is 0 Å². The first-order chi connectivity index (χ1) is 10.2. The van der Waals surface area contributed by atoms with E-state index in [0.717, 1.165) is 11.1 Å². The van der Waals surface area contributed by atoms with Crippen molar-refractivity contribution in [3.05, 3.63) is 59.7 Å². The Morgan fingerprint density at radius 1 is 1.00 bits per heavy atom. The van der Waals surface area contributed by atoms with Crippen molar-refractivity contribution in [2.45, 2.75) is 13.2 Å². The standard InChI is InChI=1S/C16H19N3O2/c1-20-15-9-13(10-19-16(17)18)7-8-14(15)21-11-12-5-3-2-4-6-12/h2-9H,10-11H2,1H3,(H4,17,18,19)/p+1. The Morgan fingerprint density at radius 2 is 1.76 bits per heavy atom. The molecule has 0 saturated carbocycles. The van der Waals surface area contributed by atoms with Crippen molar-refractivity contribution in [2.75, 3.05) is 7.11 Å². The van der Waals surface area contributed by atoms with E-state index in [4.69, 9.17) is 20.9 Å². The van der Waals surface area contributed by atoms with E-state index in [0.29, 0.717) is 24.7 Å². The van der Waals surface area contributed by atoms with Crippen LogP contribution in [0.5, 0.6) is 11.5 Å². The molecule has 0 radical (unpaired) electrons. The van der Waals surface area contributed by atoms with Gasteiger partial charge in [0.2, 0.25) is 0 Å². The number of hydrogen-bond donors (Lipinski definition) is 3. The lowest BCUT2D eigenvalue weighted by Crippen LogP contribution is -2.76. The average molecular weight is 286 g/mol. The van der Waals surface area contributed by atoms with Crippen LogP contribution < -0.4 is 25.9 Å². The maximum Gasteiger partial charge on any atom is 0.339 e. The highest BCUT2D eigenvalue weighted by molar-refractivity contribution is 5.69. The number of nitrogens with two attached hydrogens (primary N) is 2. The minimum atomic E-state index is 0.193. The van der Waals surface area contributed by atoms with E-state index in [9.17, 15) is 0 Å². The summed E-state index contributed by atoms with van der Waals surface area (Å²) >= 11 is 0. The summed E-state index contributed by atoms with van der Waals surface area (Å²) in [5.41, 5.74) is 12.9. The molecule has 0 heterocycles. The molecular formula is C16H20N3O2+. The summed E-state index contributed by atoms with van der Waals surface area (Å²) in [5.74, 6) is 1.58. The van der Waals surface area contributed by atoms with Crippen LogP contribution in [0.3, 0.4) is 0 Å². The number of hydrogen-bond acceptors (Lipinski definition) is 2. The van der Waals surface area contributed by atoms with Gasteiger partial charge in [-0.05, 0) is 23.3 Å². The smallest absolute Gasteiger partial charge is 0.339 e. The molecule has 21 heavy (non-hydrogen) atoms. The number of benzene rings is 2. The lowest BCUT2D eigenvalue weighted by molar-refractivity contribution is -0.477. The molecule has 5 nitrogen and oxygen atoms in total. The number of guanidine groups is 1. The maximum absolute atomic E-state index is 5.79. The quantitative estimate of drug-likeness (QED) is 0.520. The summed E-state index contributed by atoms with van der Waals surface area (Å²) in [7, 11) is 1.62. The lowest BCUT2D eigenvalue weighted by atomic mass is 10.2. The Morgan fingerprint density at radius 3 is 2.43 bits per heavy atom. The fraction of sp³-hybridized carbons (Fsp3) is 0.188. The van der Waals surface area contributed by atoms with E-state index >= 15 is 0 Å². The fourth-order valence-corrected chi connectivity index (χ4v) is 1.88. The minimum absolute atomic E-state index is 0.193. The molecular weight excluding hydrogens is 266 g/mol. The second-order valence-corrected chi connectivity index (χ2v) is 4.57. The predicted octanol–water partition coefficient (Wildman–Crippen LogP) is 0.128. The second kappa shape index (κ2) is 7.19. The van der Waals surface area contributed by atoms with Crippen LogP contribution in [0.1, 0.15) is 11.1 Å². The first-order valence-electron chi connectivity index (χ1n) is 6.64. The van der Waals surface area contributed by atoms with Gasteiger partial charge in [-0.15, -0.1) is 0 Å². The molecule has 0 atom stereocenters. The van der Waals surface area contributed by atoms with Crippen LogP contribution in [0.15, 0.2) is 48.5 Å². The molecule has 0 spiro atoms. The number of methoxy groups -OCH3 is 1. The average Bonchev–Trinajstić information content (AvgIpc) is 2.52. The summed E-state index contributed by atoms with van der Waals surface area (Å²) in [4.78, 5) is 2.87. The summed E-state index contributed by atoms with van der Waals surface area (Å²) in [6.45, 7) is 1.04. The molecule has 2 rings (SSSR count). The molecule has 2 aromatic carbocycles. The number of nitrogens with one attached hydrogen (secondary N) is 1. The Bertz CT molecular complexity index is 608. The second-order valence-electron chi connectivity index (χ2n) is 4.57. The third-order valence-electron chi connectivity index (χ3n) is 2.96. The summed E-state index contributed by atoms with van der Waals surface area (Å²) < 4.78 is 11.2. The Hall–Kier alpha value is -2.69. The zero-order valence-electron chi connectivity index (χ0n) is 12.0. The first-order valence-corrected chi connectivity index (χ1v) is 6.64. The van der Waals surface area contributed by atoms with E-state index in [1.54, 1.807) is 7.11 Å². The van der Waals surface area contributed by atoms with Gasteiger partial charge in [-0.3, -0.25) is 16.5 Å². The van der Waals surface area contributed by atoms with E-state index in [-0.39, 0.29) is 5.96 Å². The van der Waals surface area contributed by atoms with Crippen LogP contribution in [0.25, 0.3) is 0 Å². The van der Waals surface area contributed by atoms with E-state index in [2.05, 4.69) is 4.99 Å². The van der Waals surface area contributed by atoms with Crippen LogP contribution in [-0.2, 0) is 13.2 Å². The van der Waals surface area contributed by atoms with Crippen molar-refractivity contribution in [3.8, 4) is 11.5 Å². The van der Waals surface area contributed by atoms with Gasteiger partial charge in [0, 0.05) is 0 Å². The van der Waals surface area contributed by atoms with Crippen LogP contribution in [0.4, 0.5) is 0 Å². The van der Waals surface area contributed by atoms with Gasteiger partial charge in [-0.2, -0.15) is 0 Å². The molecule has 0 amide bonds. The van der Waals surface area contributed by atoms with Gasteiger partial charge in [0.05, 0.1) is 13.7 Å². The van der Waals surface area contributed by atoms with Gasteiger partial charge in [-0.1, -0.05) is 36.4 Å². The summed E-state index contributed by atoms with van der Waals surface area (Å²) in [6, 6.07) is 15.7. The van der Waals surface area contributed by atoms with Crippen LogP contribution in [-0.4, -0.2) is 13.1 Å². The normalized spacial score (nSPS) is 9.95. The Balaban J connectivity index is 2.07. The van der Waals surface area contributed by atoms with Crippen LogP contribution in [0.2, 0.25) is 0 Å². The zero-order chi connectivity index (χ0) is 15.1. The van der Waals surface area contributed by atoms with Crippen molar-refractivity contribution in [2.24, 2.45) is 11.5 Å². The van der Waals surface area contributed by atoms with Crippen LogP contribution >= 0.6 is 0 Å². The molecule has 0 unspecified atom stereocenters. The van der Waals surface area contributed by atoms with Crippen LogP contribution in [0, 0.1) is 0 Å². The van der Waals surface area contributed by atoms with Crippen molar-refractivity contribution in [1.29, 1.82) is 0 Å². The molecule has 0 aliphatic rings. The van der Waals surface area contributed by atoms with Crippen molar-refractivity contribution in [3.63, 3.8) is 0 Å². The molecule has 0 aliphatic carbocycles. The largest absolute Gasteiger partial charge is 0.493 e. The molecule has 0 saturated heterocycles. The fourth-order valence-electron chi connectivity index (χ4n) is 1.88. The minimum Gasteiger partial charge on any atom is -0.493 e. The first kappa shape index (κ1) is 14.7. The molecule has 5 N–H and O–H groups in total. The summed E-state index contributed by atoms with van der Waals surface area (Å²) in [5, 5.41) is 0. The predicted molar refractivity (Wildman–Crippen MR) is 81.8 cm³/mol. The van der Waals surface area contributed by atoms with E-state index in [1.807, 2.05) is 48.5 Å². The molecule has 0 fully saturated rings.